The second-order valence-corrected chi connectivity index (χ2v) is 13.6. The van der Waals surface area contributed by atoms with E-state index in [9.17, 15) is 4.79 Å². The number of hydrogen-bond donors (Lipinski definition) is 3. The lowest BCUT2D eigenvalue weighted by atomic mass is 10.1. The first-order valence-electron chi connectivity index (χ1n) is 13.9. The largest absolute Gasteiger partial charge is 0.350 e. The Morgan fingerprint density at radius 2 is 1.95 bits per heavy atom. The minimum Gasteiger partial charge on any atom is -0.350 e. The second-order valence-electron chi connectivity index (χ2n) is 10.1. The summed E-state index contributed by atoms with van der Waals surface area (Å²) in [5.74, 6) is 1.55. The summed E-state index contributed by atoms with van der Waals surface area (Å²) >= 11 is 5.26. The van der Waals surface area contributed by atoms with Crippen molar-refractivity contribution in [2.24, 2.45) is 0 Å². The molecule has 1 unspecified atom stereocenters. The van der Waals surface area contributed by atoms with Gasteiger partial charge in [0.2, 0.25) is 5.95 Å². The Morgan fingerprint density at radius 1 is 1.05 bits per heavy atom. The van der Waals surface area contributed by atoms with Gasteiger partial charge in [-0.05, 0) is 54.4 Å². The first-order chi connectivity index (χ1) is 21.1. The molecule has 0 aliphatic carbocycles. The van der Waals surface area contributed by atoms with Crippen LogP contribution in [0, 0.1) is 6.92 Å². The SMILES string of the molecule is Cc1cc(Cn2c(=O)c(Nc3cccnc3)cc3cnc(Nc4ccc(C5CNCCS5)cc4)nc32)c(-c2nccs2)s1. The molecule has 3 N–H and O–H groups in total. The molecule has 0 spiro atoms. The van der Waals surface area contributed by atoms with Gasteiger partial charge in [-0.1, -0.05) is 12.1 Å². The number of aromatic nitrogens is 5. The van der Waals surface area contributed by atoms with Gasteiger partial charge in [0.25, 0.3) is 5.56 Å². The minimum absolute atomic E-state index is 0.183. The molecule has 0 saturated carbocycles. The highest BCUT2D eigenvalue weighted by Gasteiger charge is 2.18. The molecule has 0 radical (unpaired) electrons. The normalized spacial score (nSPS) is 15.0. The maximum Gasteiger partial charge on any atom is 0.276 e. The molecule has 1 aliphatic heterocycles. The van der Waals surface area contributed by atoms with Crippen molar-refractivity contribution in [2.75, 3.05) is 29.5 Å². The molecule has 43 heavy (non-hydrogen) atoms. The zero-order valence-electron chi connectivity index (χ0n) is 23.3. The lowest BCUT2D eigenvalue weighted by Crippen LogP contribution is -2.28. The molecule has 216 valence electrons. The van der Waals surface area contributed by atoms with E-state index in [4.69, 9.17) is 4.98 Å². The number of fused-ring (bicyclic) bond motifs is 1. The van der Waals surface area contributed by atoms with Crippen molar-refractivity contribution in [3.63, 3.8) is 0 Å². The topological polar surface area (TPSA) is 110 Å². The van der Waals surface area contributed by atoms with Crippen LogP contribution in [0.4, 0.5) is 23.0 Å². The Balaban J connectivity index is 1.26. The smallest absolute Gasteiger partial charge is 0.276 e. The van der Waals surface area contributed by atoms with Gasteiger partial charge in [-0.15, -0.1) is 22.7 Å². The summed E-state index contributed by atoms with van der Waals surface area (Å²) in [5, 5.41) is 14.2. The zero-order valence-corrected chi connectivity index (χ0v) is 25.7. The van der Waals surface area contributed by atoms with Crippen LogP contribution < -0.4 is 21.5 Å². The van der Waals surface area contributed by atoms with Gasteiger partial charge in [0, 0.05) is 64.0 Å². The number of aryl methyl sites for hydroxylation is 1. The number of pyridine rings is 2. The predicted octanol–water partition coefficient (Wildman–Crippen LogP) is 6.59. The molecule has 0 bridgehead atoms. The van der Waals surface area contributed by atoms with E-state index in [-0.39, 0.29) is 5.56 Å². The minimum atomic E-state index is -0.183. The van der Waals surface area contributed by atoms with Gasteiger partial charge >= 0.3 is 0 Å². The van der Waals surface area contributed by atoms with E-state index >= 15 is 0 Å². The molecule has 12 heteroatoms. The molecule has 7 rings (SSSR count). The molecule has 6 heterocycles. The monoisotopic (exact) mass is 624 g/mol. The van der Waals surface area contributed by atoms with Crippen LogP contribution in [0.5, 0.6) is 0 Å². The van der Waals surface area contributed by atoms with Crippen molar-refractivity contribution in [1.29, 1.82) is 0 Å². The first kappa shape index (κ1) is 27.7. The highest BCUT2D eigenvalue weighted by molar-refractivity contribution is 7.99. The highest BCUT2D eigenvalue weighted by atomic mass is 32.2. The van der Waals surface area contributed by atoms with Crippen LogP contribution in [0.1, 0.15) is 21.3 Å². The fourth-order valence-electron chi connectivity index (χ4n) is 5.11. The molecule has 1 atom stereocenters. The van der Waals surface area contributed by atoms with Crippen LogP contribution in [0.15, 0.2) is 83.5 Å². The van der Waals surface area contributed by atoms with Crippen LogP contribution in [0.25, 0.3) is 20.9 Å². The Labute approximate surface area is 260 Å². The summed E-state index contributed by atoms with van der Waals surface area (Å²) in [7, 11) is 0. The highest BCUT2D eigenvalue weighted by Crippen LogP contribution is 2.35. The standard InChI is InChI=1S/C31H28N8OS3/c1-19-13-22(27(43-19)29-34-10-12-42-29)18-39-28-21(14-25(30(39)40)36-24-3-2-8-32-16-24)15-35-31(38-28)37-23-6-4-20(5-7-23)26-17-33-9-11-41-26/h2-8,10,12-16,26,33,36H,9,11,17-18H2,1H3,(H,35,37,38). The Kier molecular flexibility index (Phi) is 7.90. The van der Waals surface area contributed by atoms with Crippen LogP contribution in [0.3, 0.4) is 0 Å². The number of nitrogens with zero attached hydrogens (tertiary/aromatic N) is 5. The van der Waals surface area contributed by atoms with Crippen molar-refractivity contribution in [1.82, 2.24) is 29.8 Å². The number of thiazole rings is 1. The average molecular weight is 625 g/mol. The van der Waals surface area contributed by atoms with Gasteiger partial charge in [0.15, 0.2) is 0 Å². The quantitative estimate of drug-likeness (QED) is 0.173. The van der Waals surface area contributed by atoms with Gasteiger partial charge in [0.05, 0.1) is 23.3 Å². The maximum absolute atomic E-state index is 14.0. The van der Waals surface area contributed by atoms with Crippen LogP contribution >= 0.6 is 34.4 Å². The Bertz CT molecular complexity index is 1920. The van der Waals surface area contributed by atoms with Gasteiger partial charge in [0.1, 0.15) is 16.3 Å². The molecule has 1 fully saturated rings. The van der Waals surface area contributed by atoms with Crippen LogP contribution in [-0.2, 0) is 6.54 Å². The molecular formula is C31H28N8OS3. The van der Waals surface area contributed by atoms with E-state index in [1.165, 1.54) is 5.56 Å². The summed E-state index contributed by atoms with van der Waals surface area (Å²) < 4.78 is 1.72. The Hall–Kier alpha value is -4.10. The molecule has 0 amide bonds. The molecular weight excluding hydrogens is 597 g/mol. The summed E-state index contributed by atoms with van der Waals surface area (Å²) in [6.45, 7) is 4.46. The van der Waals surface area contributed by atoms with Crippen molar-refractivity contribution in [2.45, 2.75) is 18.7 Å². The van der Waals surface area contributed by atoms with Gasteiger partial charge in [-0.2, -0.15) is 16.7 Å². The van der Waals surface area contributed by atoms with E-state index in [0.717, 1.165) is 55.9 Å². The summed E-state index contributed by atoms with van der Waals surface area (Å²) in [6.07, 6.45) is 6.95. The lowest BCUT2D eigenvalue weighted by molar-refractivity contribution is 0.689. The molecule has 5 aromatic heterocycles. The zero-order chi connectivity index (χ0) is 29.2. The Morgan fingerprint density at radius 3 is 2.72 bits per heavy atom. The second kappa shape index (κ2) is 12.3. The third kappa shape index (κ3) is 6.04. The fourth-order valence-corrected chi connectivity index (χ4v) is 8.04. The van der Waals surface area contributed by atoms with E-state index < -0.39 is 0 Å². The van der Waals surface area contributed by atoms with Gasteiger partial charge < -0.3 is 16.0 Å². The van der Waals surface area contributed by atoms with Crippen LogP contribution in [0.2, 0.25) is 0 Å². The van der Waals surface area contributed by atoms with Gasteiger partial charge in [-0.3, -0.25) is 14.3 Å². The number of hydrogen-bond acceptors (Lipinski definition) is 11. The number of nitrogens with one attached hydrogen (secondary N) is 3. The molecule has 1 saturated heterocycles. The number of anilines is 4. The summed E-state index contributed by atoms with van der Waals surface area (Å²) in [4.78, 5) is 34.4. The predicted molar refractivity (Wildman–Crippen MR) is 178 cm³/mol. The number of rotatable bonds is 8. The first-order valence-corrected chi connectivity index (χ1v) is 16.6. The average Bonchev–Trinajstić information content (AvgIpc) is 3.70. The van der Waals surface area contributed by atoms with Crippen molar-refractivity contribution in [3.8, 4) is 9.88 Å². The summed E-state index contributed by atoms with van der Waals surface area (Å²) in [5.41, 5.74) is 4.74. The molecule has 1 aliphatic rings. The molecule has 6 aromatic rings. The number of thiophene rings is 1. The molecule has 9 nitrogen and oxygen atoms in total. The number of thioether (sulfide) groups is 1. The van der Waals surface area contributed by atoms with Crippen molar-refractivity contribution in [3.05, 3.63) is 105 Å². The van der Waals surface area contributed by atoms with Crippen LogP contribution in [-0.4, -0.2) is 43.3 Å². The van der Waals surface area contributed by atoms with Crippen molar-refractivity contribution < 1.29 is 0 Å². The molecule has 1 aromatic carbocycles. The maximum atomic E-state index is 14.0. The summed E-state index contributed by atoms with van der Waals surface area (Å²) in [6, 6.07) is 16.1. The van der Waals surface area contributed by atoms with E-state index in [0.29, 0.717) is 29.1 Å². The third-order valence-corrected chi connectivity index (χ3v) is 10.4. The van der Waals surface area contributed by atoms with E-state index in [2.05, 4.69) is 68.2 Å². The number of benzene rings is 1. The van der Waals surface area contributed by atoms with Gasteiger partial charge in [-0.25, -0.2) is 9.97 Å². The lowest BCUT2D eigenvalue weighted by Gasteiger charge is -2.22. The van der Waals surface area contributed by atoms with E-state index in [1.54, 1.807) is 58.1 Å². The van der Waals surface area contributed by atoms with Crippen molar-refractivity contribution >= 4 is 68.5 Å². The fraction of sp³-hybridized carbons (Fsp3) is 0.194. The third-order valence-electron chi connectivity index (χ3n) is 7.12. The van der Waals surface area contributed by atoms with E-state index in [1.807, 2.05) is 29.3 Å².